The molecule has 1 aromatic rings. The number of nitrogens with one attached hydrogen (secondary N) is 2. The van der Waals surface area contributed by atoms with Crippen molar-refractivity contribution in [3.8, 4) is 0 Å². The maximum atomic E-state index is 11.6. The number of hydrogen-bond acceptors (Lipinski definition) is 3. The first kappa shape index (κ1) is 11.4. The third kappa shape index (κ3) is 2.93. The topological polar surface area (TPSA) is 95.1 Å². The molecule has 90 valence electrons. The minimum absolute atomic E-state index is 0.144. The van der Waals surface area contributed by atoms with Gasteiger partial charge in [0.05, 0.1) is 12.3 Å². The molecule has 2 rings (SSSR count). The van der Waals surface area contributed by atoms with Crippen LogP contribution in [0.2, 0.25) is 0 Å². The Bertz CT molecular complexity index is 439. The number of aliphatic carboxylic acids is 1. The quantitative estimate of drug-likeness (QED) is 0.645. The fraction of sp³-hybridized carbons (Fsp3) is 0.364. The summed E-state index contributed by atoms with van der Waals surface area (Å²) in [7, 11) is 0. The van der Waals surface area contributed by atoms with Gasteiger partial charge in [-0.25, -0.2) is 0 Å². The Balaban J connectivity index is 1.81. The van der Waals surface area contributed by atoms with E-state index >= 15 is 0 Å². The van der Waals surface area contributed by atoms with Gasteiger partial charge in [0.25, 0.3) is 0 Å². The number of hydrogen-bond donors (Lipinski definition) is 3. The van der Waals surface area contributed by atoms with Crippen molar-refractivity contribution in [1.29, 1.82) is 0 Å². The molecule has 1 amide bonds. The van der Waals surface area contributed by atoms with E-state index in [9.17, 15) is 9.59 Å². The molecular weight excluding hydrogens is 222 g/mol. The van der Waals surface area contributed by atoms with Crippen molar-refractivity contribution in [3.05, 3.63) is 30.1 Å². The van der Waals surface area contributed by atoms with Crippen molar-refractivity contribution in [3.63, 3.8) is 0 Å². The van der Waals surface area contributed by atoms with Gasteiger partial charge < -0.3 is 10.4 Å². The van der Waals surface area contributed by atoms with Crippen LogP contribution in [-0.4, -0.2) is 33.2 Å². The molecule has 0 spiro atoms. The SMILES string of the molecule is O=C(Cc1ccn[nH]1)NC1C=CC(C(=O)O)C1. The highest BCUT2D eigenvalue weighted by atomic mass is 16.4. The summed E-state index contributed by atoms with van der Waals surface area (Å²) in [5.41, 5.74) is 0.735. The predicted octanol–water partition coefficient (Wildman–Crippen LogP) is 0.0977. The highest BCUT2D eigenvalue weighted by molar-refractivity contribution is 5.79. The van der Waals surface area contributed by atoms with Crippen LogP contribution in [-0.2, 0) is 16.0 Å². The summed E-state index contributed by atoms with van der Waals surface area (Å²) in [6.07, 6.45) is 5.57. The highest BCUT2D eigenvalue weighted by Crippen LogP contribution is 2.17. The molecule has 6 heteroatoms. The fourth-order valence-electron chi connectivity index (χ4n) is 1.80. The van der Waals surface area contributed by atoms with Gasteiger partial charge >= 0.3 is 5.97 Å². The van der Waals surface area contributed by atoms with Crippen LogP contribution in [0.1, 0.15) is 12.1 Å². The van der Waals surface area contributed by atoms with Gasteiger partial charge in [-0.15, -0.1) is 0 Å². The summed E-state index contributed by atoms with van der Waals surface area (Å²) in [5, 5.41) is 18.0. The van der Waals surface area contributed by atoms with Gasteiger partial charge in [-0.05, 0) is 12.5 Å². The molecule has 3 N–H and O–H groups in total. The molecule has 0 radical (unpaired) electrons. The molecule has 0 fully saturated rings. The number of aromatic amines is 1. The zero-order valence-corrected chi connectivity index (χ0v) is 9.09. The fourth-order valence-corrected chi connectivity index (χ4v) is 1.80. The van der Waals surface area contributed by atoms with Crippen molar-refractivity contribution in [2.75, 3.05) is 0 Å². The van der Waals surface area contributed by atoms with Gasteiger partial charge in [0, 0.05) is 17.9 Å². The van der Waals surface area contributed by atoms with E-state index in [-0.39, 0.29) is 18.4 Å². The molecule has 0 aromatic carbocycles. The lowest BCUT2D eigenvalue weighted by atomic mass is 10.1. The van der Waals surface area contributed by atoms with Gasteiger partial charge in [-0.3, -0.25) is 14.7 Å². The van der Waals surface area contributed by atoms with Crippen LogP contribution in [0.25, 0.3) is 0 Å². The number of nitrogens with zero attached hydrogens (tertiary/aromatic N) is 1. The van der Waals surface area contributed by atoms with Crippen LogP contribution < -0.4 is 5.32 Å². The van der Waals surface area contributed by atoms with Crippen LogP contribution in [0.4, 0.5) is 0 Å². The molecule has 0 saturated carbocycles. The van der Waals surface area contributed by atoms with Crippen molar-refractivity contribution in [2.45, 2.75) is 18.9 Å². The van der Waals surface area contributed by atoms with Gasteiger partial charge in [0.15, 0.2) is 0 Å². The van der Waals surface area contributed by atoms with Crippen molar-refractivity contribution >= 4 is 11.9 Å². The van der Waals surface area contributed by atoms with Crippen LogP contribution in [0.5, 0.6) is 0 Å². The summed E-state index contributed by atoms with van der Waals surface area (Å²) in [4.78, 5) is 22.3. The molecule has 1 heterocycles. The third-order valence-corrected chi connectivity index (χ3v) is 2.66. The summed E-state index contributed by atoms with van der Waals surface area (Å²) < 4.78 is 0. The van der Waals surface area contributed by atoms with Gasteiger partial charge in [0.1, 0.15) is 0 Å². The monoisotopic (exact) mass is 235 g/mol. The van der Waals surface area contributed by atoms with Crippen LogP contribution in [0, 0.1) is 5.92 Å². The summed E-state index contributed by atoms with van der Waals surface area (Å²) in [6.45, 7) is 0. The van der Waals surface area contributed by atoms with Crippen molar-refractivity contribution < 1.29 is 14.7 Å². The number of carboxylic acid groups (broad SMARTS) is 1. The molecule has 6 nitrogen and oxygen atoms in total. The van der Waals surface area contributed by atoms with E-state index in [0.29, 0.717) is 6.42 Å². The van der Waals surface area contributed by atoms with E-state index in [1.54, 1.807) is 24.4 Å². The summed E-state index contributed by atoms with van der Waals surface area (Å²) in [6, 6.07) is 1.54. The normalized spacial score (nSPS) is 22.6. The van der Waals surface area contributed by atoms with E-state index < -0.39 is 11.9 Å². The smallest absolute Gasteiger partial charge is 0.310 e. The number of carbonyl (C=O) groups excluding carboxylic acids is 1. The minimum atomic E-state index is -0.855. The molecule has 2 atom stereocenters. The van der Waals surface area contributed by atoms with Gasteiger partial charge in [-0.1, -0.05) is 12.2 Å². The van der Waals surface area contributed by atoms with Crippen LogP contribution in [0.15, 0.2) is 24.4 Å². The second-order valence-corrected chi connectivity index (χ2v) is 4.00. The second kappa shape index (κ2) is 4.82. The number of aromatic nitrogens is 2. The number of H-pyrrole nitrogens is 1. The van der Waals surface area contributed by atoms with E-state index in [1.165, 1.54) is 0 Å². The molecule has 1 aliphatic rings. The lowest BCUT2D eigenvalue weighted by Crippen LogP contribution is -2.34. The summed E-state index contributed by atoms with van der Waals surface area (Å²) in [5.74, 6) is -1.49. The van der Waals surface area contributed by atoms with E-state index in [1.807, 2.05) is 0 Å². The Morgan fingerprint density at radius 1 is 1.53 bits per heavy atom. The lowest BCUT2D eigenvalue weighted by molar-refractivity contribution is -0.140. The molecular formula is C11H13N3O3. The number of carbonyl (C=O) groups is 2. The first-order valence-electron chi connectivity index (χ1n) is 5.34. The maximum Gasteiger partial charge on any atom is 0.310 e. The molecule has 2 unspecified atom stereocenters. The average molecular weight is 235 g/mol. The Morgan fingerprint density at radius 3 is 2.94 bits per heavy atom. The first-order chi connectivity index (χ1) is 8.15. The predicted molar refractivity (Wildman–Crippen MR) is 59.1 cm³/mol. The molecule has 0 bridgehead atoms. The Labute approximate surface area is 97.7 Å². The Kier molecular flexibility index (Phi) is 3.22. The standard InChI is InChI=1S/C11H13N3O3/c15-10(6-9-3-4-12-14-9)13-8-2-1-7(5-8)11(16)17/h1-4,7-8H,5-6H2,(H,12,14)(H,13,15)(H,16,17). The van der Waals surface area contributed by atoms with Crippen molar-refractivity contribution in [1.82, 2.24) is 15.5 Å². The van der Waals surface area contributed by atoms with Crippen molar-refractivity contribution in [2.24, 2.45) is 5.92 Å². The van der Waals surface area contributed by atoms with E-state index in [4.69, 9.17) is 5.11 Å². The largest absolute Gasteiger partial charge is 0.481 e. The molecule has 0 aliphatic heterocycles. The maximum absolute atomic E-state index is 11.6. The highest BCUT2D eigenvalue weighted by Gasteiger charge is 2.25. The number of amides is 1. The zero-order valence-electron chi connectivity index (χ0n) is 9.09. The second-order valence-electron chi connectivity index (χ2n) is 4.00. The first-order valence-corrected chi connectivity index (χ1v) is 5.34. The molecule has 17 heavy (non-hydrogen) atoms. The van der Waals surface area contributed by atoms with Crippen LogP contribution in [0.3, 0.4) is 0 Å². The van der Waals surface area contributed by atoms with E-state index in [0.717, 1.165) is 5.69 Å². The minimum Gasteiger partial charge on any atom is -0.481 e. The third-order valence-electron chi connectivity index (χ3n) is 2.66. The Hall–Kier alpha value is -2.11. The zero-order chi connectivity index (χ0) is 12.3. The number of carboxylic acids is 1. The Morgan fingerprint density at radius 2 is 2.35 bits per heavy atom. The van der Waals surface area contributed by atoms with Gasteiger partial charge in [0.2, 0.25) is 5.91 Å². The molecule has 0 saturated heterocycles. The molecule has 1 aliphatic carbocycles. The van der Waals surface area contributed by atoms with Crippen LogP contribution >= 0.6 is 0 Å². The van der Waals surface area contributed by atoms with Gasteiger partial charge in [-0.2, -0.15) is 5.10 Å². The average Bonchev–Trinajstić information content (AvgIpc) is 2.88. The molecule has 1 aromatic heterocycles. The lowest BCUT2D eigenvalue weighted by Gasteiger charge is -2.11. The van der Waals surface area contributed by atoms with E-state index in [2.05, 4.69) is 15.5 Å². The summed E-state index contributed by atoms with van der Waals surface area (Å²) >= 11 is 0. The number of rotatable bonds is 4.